The van der Waals surface area contributed by atoms with Gasteiger partial charge in [0.2, 0.25) is 0 Å². The number of hydrogen-bond donors (Lipinski definition) is 0. The van der Waals surface area contributed by atoms with Gasteiger partial charge in [-0.25, -0.2) is 4.98 Å². The summed E-state index contributed by atoms with van der Waals surface area (Å²) in [6.45, 7) is 6.40. The van der Waals surface area contributed by atoms with Gasteiger partial charge >= 0.3 is 0 Å². The first-order valence-corrected chi connectivity index (χ1v) is 8.81. The molecule has 2 aliphatic rings. The number of aromatic nitrogens is 2. The minimum atomic E-state index is 0.649. The minimum Gasteiger partial charge on any atom is -0.352 e. The van der Waals surface area contributed by atoms with Gasteiger partial charge in [0.25, 0.3) is 0 Å². The van der Waals surface area contributed by atoms with Gasteiger partial charge in [0.05, 0.1) is 0 Å². The van der Waals surface area contributed by atoms with Crippen molar-refractivity contribution in [1.29, 1.82) is 5.26 Å². The van der Waals surface area contributed by atoms with Crippen LogP contribution in [-0.2, 0) is 0 Å². The number of hydrogen-bond acceptors (Lipinski definition) is 5. The Morgan fingerprint density at radius 2 is 2.00 bits per heavy atom. The molecule has 0 unspecified atom stereocenters. The Bertz CT molecular complexity index is 752. The normalized spacial score (nSPS) is 23.5. The van der Waals surface area contributed by atoms with E-state index in [0.717, 1.165) is 37.6 Å². The van der Waals surface area contributed by atoms with Crippen molar-refractivity contribution in [3.05, 3.63) is 30.1 Å². The van der Waals surface area contributed by atoms with Crippen molar-refractivity contribution in [2.75, 3.05) is 51.2 Å². The van der Waals surface area contributed by atoms with E-state index in [4.69, 9.17) is 4.98 Å². The maximum absolute atomic E-state index is 9.57. The lowest BCUT2D eigenvalue weighted by molar-refractivity contribution is 0.106. The van der Waals surface area contributed by atoms with E-state index in [0.29, 0.717) is 11.7 Å². The van der Waals surface area contributed by atoms with Crippen LogP contribution in [0.25, 0.3) is 5.65 Å². The summed E-state index contributed by atoms with van der Waals surface area (Å²) in [5.74, 6) is 0.837. The number of anilines is 1. The monoisotopic (exact) mass is 324 g/mol. The first kappa shape index (κ1) is 15.4. The highest BCUT2D eigenvalue weighted by Gasteiger charge is 2.28. The zero-order valence-corrected chi connectivity index (χ0v) is 14.2. The van der Waals surface area contributed by atoms with Crippen molar-refractivity contribution in [2.24, 2.45) is 0 Å². The molecule has 4 rings (SSSR count). The second kappa shape index (κ2) is 6.42. The highest BCUT2D eigenvalue weighted by Crippen LogP contribution is 2.24. The van der Waals surface area contributed by atoms with Crippen molar-refractivity contribution < 1.29 is 0 Å². The lowest BCUT2D eigenvalue weighted by atomic mass is 10.0. The highest BCUT2D eigenvalue weighted by atomic mass is 15.3. The molecule has 0 amide bonds. The van der Waals surface area contributed by atoms with E-state index in [2.05, 4.69) is 27.8 Å². The zero-order valence-electron chi connectivity index (χ0n) is 14.2. The topological polar surface area (TPSA) is 50.8 Å². The zero-order chi connectivity index (χ0) is 16.5. The van der Waals surface area contributed by atoms with Gasteiger partial charge in [0.1, 0.15) is 11.7 Å². The van der Waals surface area contributed by atoms with Gasteiger partial charge in [-0.15, -0.1) is 0 Å². The predicted octanol–water partition coefficient (Wildman–Crippen LogP) is 1.42. The van der Waals surface area contributed by atoms with Crippen LogP contribution in [0.1, 0.15) is 18.5 Å². The molecule has 6 heteroatoms. The maximum Gasteiger partial charge on any atom is 0.169 e. The molecule has 0 radical (unpaired) electrons. The van der Waals surface area contributed by atoms with Crippen molar-refractivity contribution in [3.8, 4) is 6.07 Å². The fourth-order valence-electron chi connectivity index (χ4n) is 4.04. The number of nitrogens with zero attached hydrogens (tertiary/aromatic N) is 6. The molecule has 2 fully saturated rings. The summed E-state index contributed by atoms with van der Waals surface area (Å²) in [6, 6.07) is 8.88. The molecule has 126 valence electrons. The molecule has 0 aromatic carbocycles. The maximum atomic E-state index is 9.57. The van der Waals surface area contributed by atoms with Crippen LogP contribution in [0.3, 0.4) is 0 Å². The van der Waals surface area contributed by atoms with E-state index in [-0.39, 0.29) is 0 Å². The molecular formula is C18H24N6. The number of pyridine rings is 1. The Hall–Kier alpha value is -2.10. The number of likely N-dealkylation sites (N-methyl/N-ethyl adjacent to an activating group) is 1. The van der Waals surface area contributed by atoms with Crippen molar-refractivity contribution >= 4 is 11.5 Å². The standard InChI is InChI=1S/C18H24N6/c1-21-7-4-5-15(14-21)22-9-11-23(12-10-22)18-16(13-19)24-8-3-2-6-17(24)20-18/h2-3,6,8,15H,4-5,7,9-12,14H2,1H3/t15-/m0/s1. The summed E-state index contributed by atoms with van der Waals surface area (Å²) < 4.78 is 1.89. The molecule has 6 nitrogen and oxygen atoms in total. The molecule has 2 saturated heterocycles. The summed E-state index contributed by atoms with van der Waals surface area (Å²) in [4.78, 5) is 12.0. The summed E-state index contributed by atoms with van der Waals surface area (Å²) in [6.07, 6.45) is 4.52. The fraction of sp³-hybridized carbons (Fsp3) is 0.556. The first-order chi connectivity index (χ1) is 11.8. The van der Waals surface area contributed by atoms with Gasteiger partial charge in [0.15, 0.2) is 11.5 Å². The lowest BCUT2D eigenvalue weighted by Gasteiger charge is -2.42. The van der Waals surface area contributed by atoms with E-state index < -0.39 is 0 Å². The largest absolute Gasteiger partial charge is 0.352 e. The number of fused-ring (bicyclic) bond motifs is 1. The number of nitriles is 1. The number of piperazine rings is 1. The second-order valence-corrected chi connectivity index (χ2v) is 6.91. The second-order valence-electron chi connectivity index (χ2n) is 6.91. The molecule has 2 aliphatic heterocycles. The van der Waals surface area contributed by atoms with Crippen molar-refractivity contribution in [2.45, 2.75) is 18.9 Å². The average Bonchev–Trinajstić information content (AvgIpc) is 3.00. The Kier molecular flexibility index (Phi) is 4.13. The molecule has 4 heterocycles. The molecule has 2 aromatic rings. The van der Waals surface area contributed by atoms with Crippen molar-refractivity contribution in [1.82, 2.24) is 19.2 Å². The average molecular weight is 324 g/mol. The van der Waals surface area contributed by atoms with Crippen LogP contribution in [-0.4, -0.2) is 71.5 Å². The third-order valence-corrected chi connectivity index (χ3v) is 5.35. The third-order valence-electron chi connectivity index (χ3n) is 5.35. The van der Waals surface area contributed by atoms with Gasteiger partial charge in [-0.05, 0) is 38.6 Å². The predicted molar refractivity (Wildman–Crippen MR) is 94.2 cm³/mol. The van der Waals surface area contributed by atoms with E-state index in [1.807, 2.05) is 28.8 Å². The Labute approximate surface area is 142 Å². The van der Waals surface area contributed by atoms with Gasteiger partial charge in [-0.1, -0.05) is 6.07 Å². The summed E-state index contributed by atoms with van der Waals surface area (Å²) in [5.41, 5.74) is 1.50. The lowest BCUT2D eigenvalue weighted by Crippen LogP contribution is -2.54. The molecule has 2 aromatic heterocycles. The van der Waals surface area contributed by atoms with E-state index >= 15 is 0 Å². The Morgan fingerprint density at radius 1 is 1.17 bits per heavy atom. The van der Waals surface area contributed by atoms with Crippen LogP contribution >= 0.6 is 0 Å². The summed E-state index contributed by atoms with van der Waals surface area (Å²) >= 11 is 0. The van der Waals surface area contributed by atoms with E-state index in [9.17, 15) is 5.26 Å². The van der Waals surface area contributed by atoms with Gasteiger partial charge in [-0.2, -0.15) is 5.26 Å². The molecule has 0 spiro atoms. The fourth-order valence-corrected chi connectivity index (χ4v) is 4.04. The van der Waals surface area contributed by atoms with Crippen LogP contribution in [0.5, 0.6) is 0 Å². The Balaban J connectivity index is 1.49. The number of piperidine rings is 1. The minimum absolute atomic E-state index is 0.649. The number of likely N-dealkylation sites (tertiary alicyclic amines) is 1. The molecule has 0 aliphatic carbocycles. The van der Waals surface area contributed by atoms with Gasteiger partial charge in [0, 0.05) is 45.0 Å². The summed E-state index contributed by atoms with van der Waals surface area (Å²) in [7, 11) is 2.22. The molecule has 1 atom stereocenters. The van der Waals surface area contributed by atoms with E-state index in [1.165, 1.54) is 25.9 Å². The van der Waals surface area contributed by atoms with Gasteiger partial charge < -0.3 is 9.80 Å². The van der Waals surface area contributed by atoms with Crippen LogP contribution in [0.4, 0.5) is 5.82 Å². The number of imidazole rings is 1. The Morgan fingerprint density at radius 3 is 2.75 bits per heavy atom. The molecular weight excluding hydrogens is 300 g/mol. The van der Waals surface area contributed by atoms with Crippen molar-refractivity contribution in [3.63, 3.8) is 0 Å². The molecule has 0 bridgehead atoms. The van der Waals surface area contributed by atoms with Crippen LogP contribution < -0.4 is 4.90 Å². The van der Waals surface area contributed by atoms with Crippen LogP contribution in [0.15, 0.2) is 24.4 Å². The molecule has 0 saturated carbocycles. The van der Waals surface area contributed by atoms with Gasteiger partial charge in [-0.3, -0.25) is 9.30 Å². The third kappa shape index (κ3) is 2.74. The van der Waals surface area contributed by atoms with Crippen LogP contribution in [0, 0.1) is 11.3 Å². The SMILES string of the molecule is CN1CCC[C@H](N2CCN(c3nc4ccccn4c3C#N)CC2)C1. The highest BCUT2D eigenvalue weighted by molar-refractivity contribution is 5.60. The molecule has 0 N–H and O–H groups in total. The first-order valence-electron chi connectivity index (χ1n) is 8.81. The smallest absolute Gasteiger partial charge is 0.169 e. The van der Waals surface area contributed by atoms with Crippen LogP contribution in [0.2, 0.25) is 0 Å². The number of rotatable bonds is 2. The summed E-state index contributed by atoms with van der Waals surface area (Å²) in [5, 5.41) is 9.57. The quantitative estimate of drug-likeness (QED) is 0.836. The van der Waals surface area contributed by atoms with E-state index in [1.54, 1.807) is 0 Å². The molecule has 24 heavy (non-hydrogen) atoms.